The molecule has 0 saturated carbocycles. The van der Waals surface area contributed by atoms with Gasteiger partial charge in [-0.25, -0.2) is 4.68 Å². The lowest BCUT2D eigenvalue weighted by Gasteiger charge is -2.18. The van der Waals surface area contributed by atoms with Crippen molar-refractivity contribution in [3.8, 4) is 0 Å². The Kier molecular flexibility index (Phi) is 18.7. The Morgan fingerprint density at radius 3 is 2.26 bits per heavy atom. The van der Waals surface area contributed by atoms with Crippen LogP contribution < -0.4 is 0 Å². The first-order valence-corrected chi connectivity index (χ1v) is 11.2. The van der Waals surface area contributed by atoms with E-state index in [1.807, 2.05) is 0 Å². The molecule has 1 unspecified atom stereocenters. The summed E-state index contributed by atoms with van der Waals surface area (Å²) in [6, 6.07) is 0. The van der Waals surface area contributed by atoms with Crippen LogP contribution >= 0.6 is 0 Å². The van der Waals surface area contributed by atoms with Crippen molar-refractivity contribution in [2.75, 3.05) is 72.7 Å². The van der Waals surface area contributed by atoms with E-state index in [0.717, 1.165) is 0 Å². The van der Waals surface area contributed by atoms with Crippen LogP contribution in [0.3, 0.4) is 0 Å². The molecular formula is C21H39N3O10. The van der Waals surface area contributed by atoms with Crippen molar-refractivity contribution in [1.29, 1.82) is 0 Å². The van der Waals surface area contributed by atoms with Crippen molar-refractivity contribution in [1.82, 2.24) is 15.0 Å². The van der Waals surface area contributed by atoms with E-state index < -0.39 is 25.1 Å². The summed E-state index contributed by atoms with van der Waals surface area (Å²) in [4.78, 5) is 0. The fourth-order valence-electron chi connectivity index (χ4n) is 2.35. The third kappa shape index (κ3) is 16.2. The first kappa shape index (κ1) is 30.5. The second-order valence-electron chi connectivity index (χ2n) is 7.07. The van der Waals surface area contributed by atoms with E-state index in [-0.39, 0.29) is 13.2 Å². The molecule has 0 fully saturated rings. The lowest BCUT2D eigenvalue weighted by Crippen LogP contribution is -2.34. The van der Waals surface area contributed by atoms with Crippen LogP contribution in [0.2, 0.25) is 0 Å². The van der Waals surface area contributed by atoms with Gasteiger partial charge in [0.1, 0.15) is 17.9 Å². The molecule has 0 spiro atoms. The normalized spacial score (nSPS) is 14.6. The van der Waals surface area contributed by atoms with Crippen molar-refractivity contribution in [2.45, 2.75) is 38.6 Å². The quantitative estimate of drug-likeness (QED) is 0.0791. The number of hydrogen-bond acceptors (Lipinski definition) is 12. The summed E-state index contributed by atoms with van der Waals surface area (Å²) in [5, 5.41) is 44.1. The number of hydrogen-bond donors (Lipinski definition) is 4. The number of aromatic nitrogens is 3. The Hall–Kier alpha value is -1.52. The standard InChI is InChI=1S/C21H39N3O10/c1-18(34-17-21(28)20(27)15-26)33-7-3-2-6-32-16-19-14-24(23-22-19)4-8-29-10-12-31-13-11-30-9-5-25/h2-3,14,18,20-21,25-28H,4-13,15-17H2,1H3/b3-2-/t18-,20-,21?/m1/s1. The Morgan fingerprint density at radius 1 is 0.882 bits per heavy atom. The molecule has 1 aromatic rings. The highest BCUT2D eigenvalue weighted by Gasteiger charge is 2.16. The zero-order chi connectivity index (χ0) is 24.9. The summed E-state index contributed by atoms with van der Waals surface area (Å²) in [5.74, 6) is 0. The fraction of sp³-hybridized carbons (Fsp3) is 0.810. The summed E-state index contributed by atoms with van der Waals surface area (Å²) in [5.41, 5.74) is 0.710. The van der Waals surface area contributed by atoms with Crippen molar-refractivity contribution in [3.63, 3.8) is 0 Å². The Morgan fingerprint density at radius 2 is 1.56 bits per heavy atom. The third-order valence-electron chi connectivity index (χ3n) is 4.22. The molecule has 3 atom stereocenters. The Bertz CT molecular complexity index is 619. The molecule has 13 nitrogen and oxygen atoms in total. The largest absolute Gasteiger partial charge is 0.394 e. The Balaban J connectivity index is 1.99. The van der Waals surface area contributed by atoms with Crippen LogP contribution in [0.5, 0.6) is 0 Å². The molecule has 198 valence electrons. The van der Waals surface area contributed by atoms with Gasteiger partial charge in [-0.3, -0.25) is 0 Å². The molecule has 34 heavy (non-hydrogen) atoms. The van der Waals surface area contributed by atoms with Gasteiger partial charge in [0, 0.05) is 0 Å². The van der Waals surface area contributed by atoms with Crippen molar-refractivity contribution >= 4 is 0 Å². The highest BCUT2D eigenvalue weighted by molar-refractivity contribution is 4.90. The second-order valence-corrected chi connectivity index (χ2v) is 7.07. The minimum absolute atomic E-state index is 0.0110. The van der Waals surface area contributed by atoms with Gasteiger partial charge < -0.3 is 48.8 Å². The predicted octanol–water partition coefficient (Wildman–Crippen LogP) is -1.51. The highest BCUT2D eigenvalue weighted by Crippen LogP contribution is 2.00. The summed E-state index contributed by atoms with van der Waals surface area (Å²) < 4.78 is 33.7. The van der Waals surface area contributed by atoms with Crippen LogP contribution in [0.1, 0.15) is 12.6 Å². The van der Waals surface area contributed by atoms with Crippen LogP contribution in [0, 0.1) is 0 Å². The lowest BCUT2D eigenvalue weighted by molar-refractivity contribution is -0.154. The van der Waals surface area contributed by atoms with Gasteiger partial charge in [0.25, 0.3) is 0 Å². The van der Waals surface area contributed by atoms with Crippen LogP contribution in [-0.2, 0) is 41.6 Å². The highest BCUT2D eigenvalue weighted by atomic mass is 16.7. The van der Waals surface area contributed by atoms with Gasteiger partial charge in [0.15, 0.2) is 6.29 Å². The van der Waals surface area contributed by atoms with Crippen LogP contribution in [0.25, 0.3) is 0 Å². The molecule has 0 amide bonds. The maximum atomic E-state index is 9.49. The number of ether oxygens (including phenoxy) is 6. The average Bonchev–Trinajstić information content (AvgIpc) is 3.30. The third-order valence-corrected chi connectivity index (χ3v) is 4.22. The predicted molar refractivity (Wildman–Crippen MR) is 119 cm³/mol. The van der Waals surface area contributed by atoms with Crippen LogP contribution in [0.15, 0.2) is 18.3 Å². The van der Waals surface area contributed by atoms with E-state index in [2.05, 4.69) is 10.3 Å². The van der Waals surface area contributed by atoms with Gasteiger partial charge in [-0.05, 0) is 6.92 Å². The number of rotatable bonds is 23. The molecule has 1 aromatic heterocycles. The minimum Gasteiger partial charge on any atom is -0.394 e. The number of aliphatic hydroxyl groups is 4. The molecule has 0 saturated heterocycles. The molecule has 0 aliphatic rings. The van der Waals surface area contributed by atoms with Gasteiger partial charge in [0.2, 0.25) is 0 Å². The minimum atomic E-state index is -1.24. The average molecular weight is 494 g/mol. The molecule has 4 N–H and O–H groups in total. The summed E-state index contributed by atoms with van der Waals surface area (Å²) in [6.07, 6.45) is 2.40. The SMILES string of the molecule is C[C@H](OC/C=C\COCc1cn(CCOCCOCCOCCO)nn1)OCC(O)[C@H](O)CO. The molecule has 0 aliphatic carbocycles. The van der Waals surface area contributed by atoms with Gasteiger partial charge in [-0.1, -0.05) is 17.4 Å². The van der Waals surface area contributed by atoms with Crippen molar-refractivity contribution in [2.24, 2.45) is 0 Å². The first-order valence-electron chi connectivity index (χ1n) is 11.2. The van der Waals surface area contributed by atoms with Gasteiger partial charge in [0.05, 0.1) is 92.0 Å². The number of nitrogens with zero attached hydrogens (tertiary/aromatic N) is 3. The maximum absolute atomic E-state index is 9.49. The van der Waals surface area contributed by atoms with E-state index in [1.54, 1.807) is 30.0 Å². The van der Waals surface area contributed by atoms with Crippen LogP contribution in [-0.4, -0.2) is 127 Å². The topological polar surface area (TPSA) is 167 Å². The first-order chi connectivity index (χ1) is 16.6. The molecule has 0 aliphatic heterocycles. The van der Waals surface area contributed by atoms with E-state index >= 15 is 0 Å². The van der Waals surface area contributed by atoms with Crippen LogP contribution in [0.4, 0.5) is 0 Å². The number of aliphatic hydroxyl groups excluding tert-OH is 4. The van der Waals surface area contributed by atoms with Gasteiger partial charge in [-0.2, -0.15) is 0 Å². The summed E-state index contributed by atoms with van der Waals surface area (Å²) >= 11 is 0. The van der Waals surface area contributed by atoms with E-state index in [4.69, 9.17) is 38.6 Å². The molecule has 1 rings (SSSR count). The Labute approximate surface area is 199 Å². The summed E-state index contributed by atoms with van der Waals surface area (Å²) in [6.45, 7) is 5.24. The lowest BCUT2D eigenvalue weighted by atomic mass is 10.2. The molecule has 1 heterocycles. The fourth-order valence-corrected chi connectivity index (χ4v) is 2.35. The maximum Gasteiger partial charge on any atom is 0.155 e. The van der Waals surface area contributed by atoms with Gasteiger partial charge in [-0.15, -0.1) is 5.10 Å². The molecule has 0 aromatic carbocycles. The molecular weight excluding hydrogens is 454 g/mol. The van der Waals surface area contributed by atoms with E-state index in [9.17, 15) is 10.2 Å². The van der Waals surface area contributed by atoms with Crippen molar-refractivity contribution < 1.29 is 48.8 Å². The molecule has 0 bridgehead atoms. The summed E-state index contributed by atoms with van der Waals surface area (Å²) in [7, 11) is 0. The van der Waals surface area contributed by atoms with Crippen molar-refractivity contribution in [3.05, 3.63) is 24.0 Å². The smallest absolute Gasteiger partial charge is 0.155 e. The zero-order valence-corrected chi connectivity index (χ0v) is 19.7. The van der Waals surface area contributed by atoms with E-state index in [0.29, 0.717) is 71.7 Å². The zero-order valence-electron chi connectivity index (χ0n) is 19.7. The second kappa shape index (κ2) is 20.8. The monoisotopic (exact) mass is 493 g/mol. The van der Waals surface area contributed by atoms with Gasteiger partial charge >= 0.3 is 0 Å². The molecule has 0 radical (unpaired) electrons. The molecule has 13 heteroatoms. The van der Waals surface area contributed by atoms with E-state index in [1.165, 1.54) is 0 Å².